The van der Waals surface area contributed by atoms with Gasteiger partial charge in [-0.25, -0.2) is 4.79 Å². The fourth-order valence-corrected chi connectivity index (χ4v) is 8.40. The van der Waals surface area contributed by atoms with Gasteiger partial charge in [-0.2, -0.15) is 0 Å². The zero-order valence-electron chi connectivity index (χ0n) is 30.3. The Kier molecular flexibility index (Phi) is 13.3. The third-order valence-electron chi connectivity index (χ3n) is 11.2. The molecule has 284 valence electrons. The molecule has 1 aromatic carbocycles. The monoisotopic (exact) mass is 722 g/mol. The largest absolute Gasteiger partial charge is 0.447 e. The number of hydrogen-bond acceptors (Lipinski definition) is 8. The van der Waals surface area contributed by atoms with E-state index in [0.29, 0.717) is 12.1 Å². The molecule has 6 N–H and O–H groups in total. The molecule has 0 spiro atoms. The molecular formula is C38H54N6O8. The second kappa shape index (κ2) is 17.8. The number of Topliss-reactive ketones (excluding diaryl/α,β-unsaturated/α-hetero) is 1. The van der Waals surface area contributed by atoms with Gasteiger partial charge in [-0.15, -0.1) is 0 Å². The number of nitrogens with one attached hydrogen (secondary N) is 4. The zero-order valence-corrected chi connectivity index (χ0v) is 30.3. The van der Waals surface area contributed by atoms with E-state index in [4.69, 9.17) is 10.5 Å². The summed E-state index contributed by atoms with van der Waals surface area (Å²) >= 11 is 0. The van der Waals surface area contributed by atoms with Crippen LogP contribution in [0, 0.1) is 23.7 Å². The summed E-state index contributed by atoms with van der Waals surface area (Å²) in [7, 11) is 0. The standard InChI is InChI=1S/C38H54N6O8/c1-22(2)52-38(51)43-31(25-15-7-4-8-16-25)37(50)44-21-26-17-10-18-27(26)32(44)35(48)41-28(19-23-11-9-12-23)33(46)36(49)40-20-29(45)42-30(34(39)47)24-13-5-3-6-14-24/h3,5-6,13-14,22-23,25-28,30-32H,4,7-12,15-21H2,1-2H3,(H2,39,47)(H,40,49)(H,41,48)(H,42,45)(H,43,51)/t26-,27-,28?,30?,31?,32?/m0/s1. The SMILES string of the molecule is CC(C)OC(=O)NC(C(=O)N1C[C@@H]2CCC[C@@H]2C1C(=O)NC(CC1CCC1)C(=O)C(=O)NCC(=O)NC(C(N)=O)c1ccccc1)C1CCCCC1. The molecule has 5 rings (SSSR count). The molecule has 14 nitrogen and oxygen atoms in total. The molecule has 0 radical (unpaired) electrons. The van der Waals surface area contributed by atoms with E-state index in [1.165, 1.54) is 0 Å². The summed E-state index contributed by atoms with van der Waals surface area (Å²) in [6.07, 6.45) is 8.94. The van der Waals surface area contributed by atoms with Gasteiger partial charge >= 0.3 is 6.09 Å². The Morgan fingerprint density at radius 2 is 1.54 bits per heavy atom. The van der Waals surface area contributed by atoms with Crippen LogP contribution in [-0.4, -0.2) is 83.6 Å². The minimum Gasteiger partial charge on any atom is -0.447 e. The number of rotatable bonds is 15. The topological polar surface area (TPSA) is 206 Å². The molecular weight excluding hydrogens is 668 g/mol. The van der Waals surface area contributed by atoms with Crippen molar-refractivity contribution in [3.8, 4) is 0 Å². The van der Waals surface area contributed by atoms with Crippen molar-refractivity contribution >= 4 is 41.4 Å². The number of primary amides is 1. The third-order valence-corrected chi connectivity index (χ3v) is 11.2. The highest BCUT2D eigenvalue weighted by Gasteiger charge is 2.52. The van der Waals surface area contributed by atoms with Gasteiger partial charge in [0.25, 0.3) is 5.91 Å². The summed E-state index contributed by atoms with van der Waals surface area (Å²) < 4.78 is 5.35. The van der Waals surface area contributed by atoms with Gasteiger partial charge in [-0.3, -0.25) is 28.8 Å². The van der Waals surface area contributed by atoms with Crippen molar-refractivity contribution in [2.24, 2.45) is 29.4 Å². The second-order valence-electron chi connectivity index (χ2n) is 15.2. The second-order valence-corrected chi connectivity index (χ2v) is 15.2. The van der Waals surface area contributed by atoms with Crippen LogP contribution in [0.2, 0.25) is 0 Å². The first-order valence-corrected chi connectivity index (χ1v) is 19.0. The molecule has 1 saturated heterocycles. The predicted molar refractivity (Wildman–Crippen MR) is 190 cm³/mol. The van der Waals surface area contributed by atoms with Crippen LogP contribution in [0.25, 0.3) is 0 Å². The Balaban J connectivity index is 1.28. The van der Waals surface area contributed by atoms with Crippen LogP contribution in [-0.2, 0) is 33.5 Å². The van der Waals surface area contributed by atoms with Gasteiger partial charge in [0.15, 0.2) is 0 Å². The minimum atomic E-state index is -1.16. The lowest BCUT2D eigenvalue weighted by Crippen LogP contribution is -2.59. The molecule has 4 fully saturated rings. The number of ether oxygens (including phenoxy) is 1. The van der Waals surface area contributed by atoms with E-state index in [2.05, 4.69) is 21.3 Å². The number of fused-ring (bicyclic) bond motifs is 1. The van der Waals surface area contributed by atoms with Gasteiger partial charge in [0.2, 0.25) is 29.4 Å². The highest BCUT2D eigenvalue weighted by atomic mass is 16.6. The molecule has 4 unspecified atom stereocenters. The van der Waals surface area contributed by atoms with E-state index in [1.54, 1.807) is 49.1 Å². The minimum absolute atomic E-state index is 0.0927. The maximum atomic E-state index is 14.4. The Morgan fingerprint density at radius 1 is 0.846 bits per heavy atom. The van der Waals surface area contributed by atoms with Gasteiger partial charge in [0.1, 0.15) is 18.1 Å². The number of nitrogens with two attached hydrogens (primary N) is 1. The van der Waals surface area contributed by atoms with E-state index >= 15 is 0 Å². The van der Waals surface area contributed by atoms with E-state index in [1.807, 2.05) is 0 Å². The molecule has 1 heterocycles. The lowest BCUT2D eigenvalue weighted by molar-refractivity contribution is -0.144. The maximum Gasteiger partial charge on any atom is 0.408 e. The molecule has 14 heteroatoms. The number of carbonyl (C=O) groups excluding carboxylic acids is 7. The average Bonchev–Trinajstić information content (AvgIpc) is 3.71. The molecule has 0 aromatic heterocycles. The van der Waals surface area contributed by atoms with Crippen molar-refractivity contribution in [1.82, 2.24) is 26.2 Å². The van der Waals surface area contributed by atoms with Crippen LogP contribution in [0.1, 0.15) is 103 Å². The van der Waals surface area contributed by atoms with Crippen LogP contribution in [0.5, 0.6) is 0 Å². The Bertz CT molecular complexity index is 1480. The van der Waals surface area contributed by atoms with Crippen molar-refractivity contribution < 1.29 is 38.3 Å². The van der Waals surface area contributed by atoms with Crippen LogP contribution in [0.3, 0.4) is 0 Å². The molecule has 4 aliphatic rings. The van der Waals surface area contributed by atoms with Gasteiger partial charge in [0, 0.05) is 6.54 Å². The zero-order chi connectivity index (χ0) is 37.4. The molecule has 6 amide bonds. The van der Waals surface area contributed by atoms with E-state index in [0.717, 1.165) is 70.6 Å². The van der Waals surface area contributed by atoms with Gasteiger partial charge in [-0.1, -0.05) is 75.3 Å². The van der Waals surface area contributed by atoms with E-state index < -0.39 is 66.2 Å². The first-order chi connectivity index (χ1) is 24.9. The number of benzene rings is 1. The molecule has 6 atom stereocenters. The quantitative estimate of drug-likeness (QED) is 0.170. The van der Waals surface area contributed by atoms with Crippen molar-refractivity contribution in [3.63, 3.8) is 0 Å². The molecule has 1 aliphatic heterocycles. The Hall–Kier alpha value is -4.49. The van der Waals surface area contributed by atoms with E-state index in [-0.39, 0.29) is 42.1 Å². The van der Waals surface area contributed by atoms with Crippen LogP contribution < -0.4 is 27.0 Å². The van der Waals surface area contributed by atoms with Crippen molar-refractivity contribution in [2.75, 3.05) is 13.1 Å². The third kappa shape index (κ3) is 9.68. The number of amides is 6. The van der Waals surface area contributed by atoms with Gasteiger partial charge in [0.05, 0.1) is 18.7 Å². The highest BCUT2D eigenvalue weighted by molar-refractivity contribution is 6.38. The number of alkyl carbamates (subject to hydrolysis) is 1. The molecule has 3 aliphatic carbocycles. The Labute approximate surface area is 305 Å². The summed E-state index contributed by atoms with van der Waals surface area (Å²) in [5.41, 5.74) is 5.96. The van der Waals surface area contributed by atoms with Crippen molar-refractivity contribution in [2.45, 2.75) is 121 Å². The number of ketones is 1. The number of carbonyl (C=O) groups is 7. The normalized spacial score (nSPS) is 23.4. The van der Waals surface area contributed by atoms with E-state index in [9.17, 15) is 33.6 Å². The first-order valence-electron chi connectivity index (χ1n) is 19.0. The first kappa shape index (κ1) is 38.7. The fraction of sp³-hybridized carbons (Fsp3) is 0.658. The molecule has 1 aromatic rings. The highest BCUT2D eigenvalue weighted by Crippen LogP contribution is 2.43. The molecule has 3 saturated carbocycles. The summed E-state index contributed by atoms with van der Waals surface area (Å²) in [5, 5.41) is 10.5. The maximum absolute atomic E-state index is 14.4. The number of likely N-dealkylation sites (tertiary alicyclic amines) is 1. The summed E-state index contributed by atoms with van der Waals surface area (Å²) in [6, 6.07) is 4.41. The summed E-state index contributed by atoms with van der Waals surface area (Å²) in [5.74, 6) is -4.22. The van der Waals surface area contributed by atoms with Crippen LogP contribution in [0.15, 0.2) is 30.3 Å². The summed E-state index contributed by atoms with van der Waals surface area (Å²) in [6.45, 7) is 3.26. The van der Waals surface area contributed by atoms with Crippen molar-refractivity contribution in [1.29, 1.82) is 0 Å². The lowest BCUT2D eigenvalue weighted by Gasteiger charge is -2.36. The molecule has 0 bridgehead atoms. The summed E-state index contributed by atoms with van der Waals surface area (Å²) in [4.78, 5) is 94.6. The van der Waals surface area contributed by atoms with Gasteiger partial charge in [-0.05, 0) is 75.2 Å². The van der Waals surface area contributed by atoms with Crippen molar-refractivity contribution in [3.05, 3.63) is 35.9 Å². The fourth-order valence-electron chi connectivity index (χ4n) is 8.40. The van der Waals surface area contributed by atoms with Gasteiger partial charge < -0.3 is 36.6 Å². The van der Waals surface area contributed by atoms with Crippen LogP contribution >= 0.6 is 0 Å². The predicted octanol–water partition coefficient (Wildman–Crippen LogP) is 2.40. The molecule has 52 heavy (non-hydrogen) atoms. The average molecular weight is 723 g/mol. The number of hydrogen-bond donors (Lipinski definition) is 5. The number of nitrogens with zero attached hydrogens (tertiary/aromatic N) is 1. The smallest absolute Gasteiger partial charge is 0.408 e. The van der Waals surface area contributed by atoms with Crippen LogP contribution in [0.4, 0.5) is 4.79 Å². The Morgan fingerprint density at radius 3 is 2.17 bits per heavy atom. The lowest BCUT2D eigenvalue weighted by atomic mass is 9.80.